The van der Waals surface area contributed by atoms with Crippen LogP contribution in [0.2, 0.25) is 5.02 Å². The Morgan fingerprint density at radius 1 is 1.11 bits per heavy atom. The van der Waals surface area contributed by atoms with Gasteiger partial charge in [0.2, 0.25) is 0 Å². The second kappa shape index (κ2) is 10.0. The van der Waals surface area contributed by atoms with Crippen molar-refractivity contribution < 1.29 is 13.5 Å². The van der Waals surface area contributed by atoms with Gasteiger partial charge in [-0.3, -0.25) is 4.57 Å². The molecule has 1 aliphatic carbocycles. The Labute approximate surface area is 213 Å². The molecule has 5 rings (SSSR count). The molecular weight excluding hydrogens is 486 g/mol. The number of hydrogen-bond acceptors (Lipinski definition) is 3. The Bertz CT molecular complexity index is 1370. The zero-order chi connectivity index (χ0) is 24.5. The number of imidazole rings is 1. The van der Waals surface area contributed by atoms with Gasteiger partial charge in [0.05, 0.1) is 18.5 Å². The molecule has 1 unspecified atom stereocenters. The highest BCUT2D eigenvalue weighted by Gasteiger charge is 2.30. The lowest BCUT2D eigenvalue weighted by Gasteiger charge is -2.25. The third-order valence-electron chi connectivity index (χ3n) is 6.51. The average Bonchev–Trinajstić information content (AvgIpc) is 3.24. The molecule has 3 aromatic carbocycles. The van der Waals surface area contributed by atoms with E-state index in [1.807, 2.05) is 13.0 Å². The van der Waals surface area contributed by atoms with Gasteiger partial charge in [-0.05, 0) is 79.8 Å². The number of hydrogen-bond donors (Lipinski definition) is 0. The topological polar surface area (TPSA) is 27.1 Å². The Kier molecular flexibility index (Phi) is 6.85. The summed E-state index contributed by atoms with van der Waals surface area (Å²) in [6.07, 6.45) is 2.86. The molecule has 1 aromatic heterocycles. The summed E-state index contributed by atoms with van der Waals surface area (Å²) in [5.41, 5.74) is 5.68. The van der Waals surface area contributed by atoms with Crippen molar-refractivity contribution in [2.45, 2.75) is 43.0 Å². The van der Waals surface area contributed by atoms with E-state index in [0.29, 0.717) is 17.1 Å². The van der Waals surface area contributed by atoms with Crippen molar-refractivity contribution in [3.63, 3.8) is 0 Å². The number of rotatable bonds is 6. The van der Waals surface area contributed by atoms with E-state index in [0.717, 1.165) is 52.1 Å². The maximum absolute atomic E-state index is 14.6. The van der Waals surface area contributed by atoms with Crippen molar-refractivity contribution >= 4 is 23.4 Å². The number of methoxy groups -OCH3 is 1. The molecule has 1 heterocycles. The summed E-state index contributed by atoms with van der Waals surface area (Å²) in [4.78, 5) is 5.01. The van der Waals surface area contributed by atoms with Crippen molar-refractivity contribution in [3.05, 3.63) is 105 Å². The second-order valence-corrected chi connectivity index (χ2v) is 10.1. The minimum atomic E-state index is -0.309. The molecule has 3 nitrogen and oxygen atoms in total. The Morgan fingerprint density at radius 3 is 2.66 bits per heavy atom. The molecular formula is C28H25ClF2N2OS. The summed E-state index contributed by atoms with van der Waals surface area (Å²) in [5, 5.41) is 1.50. The molecule has 0 fully saturated rings. The zero-order valence-corrected chi connectivity index (χ0v) is 21.1. The van der Waals surface area contributed by atoms with E-state index < -0.39 is 0 Å². The minimum absolute atomic E-state index is 0.129. The minimum Gasteiger partial charge on any atom is -0.496 e. The van der Waals surface area contributed by atoms with E-state index in [4.69, 9.17) is 21.3 Å². The number of thioether (sulfide) groups is 1. The van der Waals surface area contributed by atoms with Crippen molar-refractivity contribution in [1.82, 2.24) is 9.55 Å². The van der Waals surface area contributed by atoms with Crippen LogP contribution in [0, 0.1) is 18.6 Å². The standard InChI is InChI=1S/C28H25ClF2N2OS/c1-17-15-18(9-14-23(17)29)21-5-3-7-25-27(21)33(20-12-10-19(30)11-13-20)28(32-25)35-16-22-24(31)6-4-8-26(22)34-2/h4,6,8-15,21H,3,5,7,16H2,1-2H3. The molecule has 0 amide bonds. The second-order valence-electron chi connectivity index (χ2n) is 8.70. The molecule has 4 aromatic rings. The van der Waals surface area contributed by atoms with Gasteiger partial charge in [0.15, 0.2) is 5.16 Å². The first-order valence-electron chi connectivity index (χ1n) is 11.5. The number of ether oxygens (including phenoxy) is 1. The molecule has 7 heteroatoms. The molecule has 1 atom stereocenters. The monoisotopic (exact) mass is 510 g/mol. The van der Waals surface area contributed by atoms with Gasteiger partial charge in [0.1, 0.15) is 17.4 Å². The molecule has 180 valence electrons. The summed E-state index contributed by atoms with van der Waals surface area (Å²) < 4.78 is 35.9. The van der Waals surface area contributed by atoms with Crippen LogP contribution in [0.4, 0.5) is 8.78 Å². The number of fused-ring (bicyclic) bond motifs is 1. The van der Waals surface area contributed by atoms with Gasteiger partial charge >= 0.3 is 0 Å². The molecule has 0 N–H and O–H groups in total. The lowest BCUT2D eigenvalue weighted by atomic mass is 9.83. The number of halogens is 3. The maximum atomic E-state index is 14.6. The molecule has 0 spiro atoms. The van der Waals surface area contributed by atoms with Crippen LogP contribution in [0.3, 0.4) is 0 Å². The van der Waals surface area contributed by atoms with Crippen molar-refractivity contribution in [3.8, 4) is 11.4 Å². The van der Waals surface area contributed by atoms with Gasteiger partial charge < -0.3 is 4.74 Å². The van der Waals surface area contributed by atoms with E-state index in [1.54, 1.807) is 31.4 Å². The van der Waals surface area contributed by atoms with Crippen molar-refractivity contribution in [2.24, 2.45) is 0 Å². The van der Waals surface area contributed by atoms with Crippen LogP contribution in [-0.4, -0.2) is 16.7 Å². The van der Waals surface area contributed by atoms with Gasteiger partial charge in [-0.15, -0.1) is 0 Å². The predicted octanol–water partition coefficient (Wildman–Crippen LogP) is 7.88. The quantitative estimate of drug-likeness (QED) is 0.247. The summed E-state index contributed by atoms with van der Waals surface area (Å²) in [5.74, 6) is 0.396. The van der Waals surface area contributed by atoms with E-state index in [9.17, 15) is 8.78 Å². The molecule has 0 aliphatic heterocycles. The molecule has 0 bridgehead atoms. The van der Waals surface area contributed by atoms with Crippen LogP contribution in [0.15, 0.2) is 65.8 Å². The van der Waals surface area contributed by atoms with Gasteiger partial charge in [0, 0.05) is 27.9 Å². The van der Waals surface area contributed by atoms with Crippen molar-refractivity contribution in [2.75, 3.05) is 7.11 Å². The number of aryl methyl sites for hydroxylation is 2. The van der Waals surface area contributed by atoms with Gasteiger partial charge in [-0.2, -0.15) is 0 Å². The SMILES string of the molecule is COc1cccc(F)c1CSc1nc2c(n1-c1ccc(F)cc1)C(c1ccc(Cl)c(C)c1)CCC2. The number of aromatic nitrogens is 2. The van der Waals surface area contributed by atoms with E-state index in [1.165, 1.54) is 35.5 Å². The summed E-state index contributed by atoms with van der Waals surface area (Å²) in [6, 6.07) is 17.5. The highest BCUT2D eigenvalue weighted by atomic mass is 35.5. The third kappa shape index (κ3) is 4.69. The predicted molar refractivity (Wildman–Crippen MR) is 137 cm³/mol. The average molecular weight is 511 g/mol. The van der Waals surface area contributed by atoms with Gasteiger partial charge in [-0.1, -0.05) is 41.6 Å². The highest BCUT2D eigenvalue weighted by Crippen LogP contribution is 2.42. The van der Waals surface area contributed by atoms with Crippen LogP contribution in [0.1, 0.15) is 46.8 Å². The first kappa shape index (κ1) is 23.9. The van der Waals surface area contributed by atoms with Crippen molar-refractivity contribution in [1.29, 1.82) is 0 Å². The van der Waals surface area contributed by atoms with Crippen LogP contribution < -0.4 is 4.74 Å². The van der Waals surface area contributed by atoms with Crippen LogP contribution in [-0.2, 0) is 12.2 Å². The van der Waals surface area contributed by atoms with Gasteiger partial charge in [0.25, 0.3) is 0 Å². The lowest BCUT2D eigenvalue weighted by molar-refractivity contribution is 0.406. The summed E-state index contributed by atoms with van der Waals surface area (Å²) in [6.45, 7) is 2.01. The van der Waals surface area contributed by atoms with E-state index in [2.05, 4.69) is 16.7 Å². The van der Waals surface area contributed by atoms with Gasteiger partial charge in [-0.25, -0.2) is 13.8 Å². The Hall–Kier alpha value is -2.83. The number of benzene rings is 3. The fourth-order valence-corrected chi connectivity index (χ4v) is 5.94. The smallest absolute Gasteiger partial charge is 0.173 e. The Morgan fingerprint density at radius 2 is 1.91 bits per heavy atom. The zero-order valence-electron chi connectivity index (χ0n) is 19.5. The van der Waals surface area contributed by atoms with Crippen LogP contribution in [0.25, 0.3) is 5.69 Å². The lowest BCUT2D eigenvalue weighted by Crippen LogP contribution is -2.15. The normalized spacial score (nSPS) is 15.2. The number of nitrogens with zero attached hydrogens (tertiary/aromatic N) is 2. The summed E-state index contributed by atoms with van der Waals surface area (Å²) >= 11 is 7.76. The first-order valence-corrected chi connectivity index (χ1v) is 12.9. The third-order valence-corrected chi connectivity index (χ3v) is 7.89. The molecule has 1 aliphatic rings. The Balaban J connectivity index is 1.61. The first-order chi connectivity index (χ1) is 17.0. The molecule has 0 saturated heterocycles. The van der Waals surface area contributed by atoms with Crippen LogP contribution >= 0.6 is 23.4 Å². The summed E-state index contributed by atoms with van der Waals surface area (Å²) in [7, 11) is 1.54. The molecule has 0 radical (unpaired) electrons. The van der Waals surface area contributed by atoms with E-state index in [-0.39, 0.29) is 17.6 Å². The fourth-order valence-electron chi connectivity index (χ4n) is 4.76. The highest BCUT2D eigenvalue weighted by molar-refractivity contribution is 7.98. The maximum Gasteiger partial charge on any atom is 0.173 e. The molecule has 0 saturated carbocycles. The van der Waals surface area contributed by atoms with E-state index >= 15 is 0 Å². The van der Waals surface area contributed by atoms with Crippen LogP contribution in [0.5, 0.6) is 5.75 Å². The largest absolute Gasteiger partial charge is 0.496 e. The fraction of sp³-hybridized carbons (Fsp3) is 0.250. The molecule has 35 heavy (non-hydrogen) atoms.